The van der Waals surface area contributed by atoms with Gasteiger partial charge in [-0.05, 0) is 49.6 Å². The van der Waals surface area contributed by atoms with Crippen molar-refractivity contribution in [2.24, 2.45) is 0 Å². The van der Waals surface area contributed by atoms with Crippen LogP contribution in [0.25, 0.3) is 11.0 Å². The van der Waals surface area contributed by atoms with Crippen LogP contribution >= 0.6 is 11.6 Å². The van der Waals surface area contributed by atoms with E-state index in [1.54, 1.807) is 25.3 Å². The molecule has 0 radical (unpaired) electrons. The molecule has 168 valence electrons. The van der Waals surface area contributed by atoms with E-state index >= 15 is 4.39 Å². The number of rotatable bonds is 7. The fourth-order valence-electron chi connectivity index (χ4n) is 3.71. The molecule has 0 amide bonds. The van der Waals surface area contributed by atoms with Gasteiger partial charge >= 0.3 is 0 Å². The van der Waals surface area contributed by atoms with Crippen LogP contribution in [0.15, 0.2) is 36.5 Å². The zero-order chi connectivity index (χ0) is 22.9. The Kier molecular flexibility index (Phi) is 6.30. The number of hydrogen-bond donors (Lipinski definition) is 1. The Labute approximate surface area is 190 Å². The number of benzene rings is 2. The van der Waals surface area contributed by atoms with Crippen molar-refractivity contribution < 1.29 is 17.6 Å². The van der Waals surface area contributed by atoms with Gasteiger partial charge in [0.1, 0.15) is 5.82 Å². The fraction of sp³-hybridized carbons (Fsp3) is 0.318. The number of nitrogens with zero attached hydrogens (tertiary/aromatic N) is 3. The summed E-state index contributed by atoms with van der Waals surface area (Å²) in [6.07, 6.45) is 4.26. The van der Waals surface area contributed by atoms with Crippen molar-refractivity contribution in [2.75, 3.05) is 28.5 Å². The molecular weight excluding hydrogens is 455 g/mol. The summed E-state index contributed by atoms with van der Waals surface area (Å²) in [4.78, 5) is 24.3. The summed E-state index contributed by atoms with van der Waals surface area (Å²) < 4.78 is 41.5. The van der Waals surface area contributed by atoms with Gasteiger partial charge in [0.25, 0.3) is 0 Å². The Bertz CT molecular complexity index is 1290. The highest BCUT2D eigenvalue weighted by molar-refractivity contribution is 7.92. The number of ketones is 1. The molecule has 0 spiro atoms. The van der Waals surface area contributed by atoms with Gasteiger partial charge in [-0.15, -0.1) is 0 Å². The molecule has 0 bridgehead atoms. The topological polar surface area (TPSA) is 92.3 Å². The average molecular weight is 477 g/mol. The second kappa shape index (κ2) is 8.99. The predicted molar refractivity (Wildman–Crippen MR) is 124 cm³/mol. The lowest BCUT2D eigenvalue weighted by atomic mass is 10.0. The Morgan fingerprint density at radius 3 is 2.66 bits per heavy atom. The minimum absolute atomic E-state index is 0.108. The molecule has 1 aliphatic rings. The summed E-state index contributed by atoms with van der Waals surface area (Å²) in [5.41, 5.74) is 0.586. The highest BCUT2D eigenvalue weighted by Crippen LogP contribution is 2.29. The highest BCUT2D eigenvalue weighted by Gasteiger charge is 2.23. The van der Waals surface area contributed by atoms with Gasteiger partial charge in [-0.1, -0.05) is 18.5 Å². The SMILES string of the molecule is CCCS(=O)(=O)Nc1ccc(Cl)c(C(=O)c2ccc3ncc(N4CCCC4)nc3c2)c1F. The summed E-state index contributed by atoms with van der Waals surface area (Å²) in [5, 5.41) is -0.108. The highest BCUT2D eigenvalue weighted by atomic mass is 35.5. The lowest BCUT2D eigenvalue weighted by Crippen LogP contribution is -2.19. The second-order valence-corrected chi connectivity index (χ2v) is 9.91. The van der Waals surface area contributed by atoms with Crippen LogP contribution in [0.5, 0.6) is 0 Å². The van der Waals surface area contributed by atoms with Crippen molar-refractivity contribution in [3.63, 3.8) is 0 Å². The smallest absolute Gasteiger partial charge is 0.232 e. The van der Waals surface area contributed by atoms with Crippen LogP contribution in [0.3, 0.4) is 0 Å². The number of aromatic nitrogens is 2. The van der Waals surface area contributed by atoms with E-state index in [-0.39, 0.29) is 22.0 Å². The van der Waals surface area contributed by atoms with E-state index in [1.165, 1.54) is 18.2 Å². The summed E-state index contributed by atoms with van der Waals surface area (Å²) in [5.74, 6) is -1.12. The second-order valence-electron chi connectivity index (χ2n) is 7.66. The van der Waals surface area contributed by atoms with Crippen molar-refractivity contribution in [1.29, 1.82) is 0 Å². The maximum atomic E-state index is 15.2. The van der Waals surface area contributed by atoms with Crippen LogP contribution in [0, 0.1) is 5.82 Å². The van der Waals surface area contributed by atoms with Crippen molar-refractivity contribution in [3.8, 4) is 0 Å². The molecule has 1 saturated heterocycles. The number of halogens is 2. The van der Waals surface area contributed by atoms with Gasteiger partial charge in [0, 0.05) is 18.7 Å². The van der Waals surface area contributed by atoms with E-state index in [9.17, 15) is 13.2 Å². The van der Waals surface area contributed by atoms with E-state index in [4.69, 9.17) is 11.6 Å². The third-order valence-corrected chi connectivity index (χ3v) is 7.07. The molecular formula is C22H22ClFN4O3S. The van der Waals surface area contributed by atoms with Crippen molar-refractivity contribution in [2.45, 2.75) is 26.2 Å². The number of fused-ring (bicyclic) bond motifs is 1. The van der Waals surface area contributed by atoms with Crippen LogP contribution in [0.2, 0.25) is 5.02 Å². The molecule has 0 unspecified atom stereocenters. The Hall–Kier alpha value is -2.78. The standard InChI is InChI=1S/C22H22ClFN4O3S/c1-2-11-32(30,31)27-17-8-6-15(23)20(21(17)24)22(29)14-5-7-16-18(12-14)26-19(13-25-16)28-9-3-4-10-28/h5-8,12-13,27H,2-4,9-11H2,1H3. The molecule has 1 N–H and O–H groups in total. The van der Waals surface area contributed by atoms with Gasteiger partial charge in [-0.25, -0.2) is 17.8 Å². The first kappa shape index (κ1) is 22.4. The minimum atomic E-state index is -3.74. The maximum Gasteiger partial charge on any atom is 0.232 e. The normalized spacial score (nSPS) is 14.2. The number of hydrogen-bond acceptors (Lipinski definition) is 6. The Balaban J connectivity index is 1.71. The van der Waals surface area contributed by atoms with E-state index in [1.807, 2.05) is 0 Å². The molecule has 0 aliphatic carbocycles. The van der Waals surface area contributed by atoms with Crippen LogP contribution in [-0.4, -0.2) is 43.0 Å². The molecule has 1 fully saturated rings. The summed E-state index contributed by atoms with van der Waals surface area (Å²) in [7, 11) is -3.74. The van der Waals surface area contributed by atoms with Gasteiger partial charge in [-0.3, -0.25) is 14.5 Å². The van der Waals surface area contributed by atoms with Gasteiger partial charge in [-0.2, -0.15) is 0 Å². The molecule has 1 aliphatic heterocycles. The van der Waals surface area contributed by atoms with E-state index < -0.39 is 27.2 Å². The number of carbonyl (C=O) groups excluding carboxylic acids is 1. The lowest BCUT2D eigenvalue weighted by Gasteiger charge is -2.16. The van der Waals surface area contributed by atoms with Gasteiger partial charge < -0.3 is 4.90 Å². The van der Waals surface area contributed by atoms with Crippen molar-refractivity contribution in [3.05, 3.63) is 58.5 Å². The molecule has 2 aromatic carbocycles. The monoisotopic (exact) mass is 476 g/mol. The van der Waals surface area contributed by atoms with E-state index in [2.05, 4.69) is 19.6 Å². The zero-order valence-electron chi connectivity index (χ0n) is 17.4. The van der Waals surface area contributed by atoms with Crippen molar-refractivity contribution in [1.82, 2.24) is 9.97 Å². The molecule has 2 heterocycles. The first-order valence-corrected chi connectivity index (χ1v) is 12.4. The number of carbonyl (C=O) groups is 1. The molecule has 3 aromatic rings. The number of nitrogens with one attached hydrogen (secondary N) is 1. The molecule has 1 aromatic heterocycles. The van der Waals surface area contributed by atoms with Gasteiger partial charge in [0.2, 0.25) is 10.0 Å². The first-order chi connectivity index (χ1) is 15.3. The zero-order valence-corrected chi connectivity index (χ0v) is 19.0. The molecule has 7 nitrogen and oxygen atoms in total. The third kappa shape index (κ3) is 4.54. The van der Waals surface area contributed by atoms with E-state index in [0.29, 0.717) is 17.5 Å². The molecule has 32 heavy (non-hydrogen) atoms. The third-order valence-electron chi connectivity index (χ3n) is 5.28. The number of anilines is 2. The molecule has 4 rings (SSSR count). The first-order valence-electron chi connectivity index (χ1n) is 10.3. The van der Waals surface area contributed by atoms with Gasteiger partial charge in [0.05, 0.1) is 39.3 Å². The molecule has 0 saturated carbocycles. The number of sulfonamides is 1. The predicted octanol–water partition coefficient (Wildman–Crippen LogP) is 4.41. The van der Waals surface area contributed by atoms with Gasteiger partial charge in [0.15, 0.2) is 11.6 Å². The quantitative estimate of drug-likeness (QED) is 0.508. The fourth-order valence-corrected chi connectivity index (χ4v) is 5.08. The Morgan fingerprint density at radius 1 is 1.19 bits per heavy atom. The molecule has 0 atom stereocenters. The summed E-state index contributed by atoms with van der Waals surface area (Å²) >= 11 is 6.14. The summed E-state index contributed by atoms with van der Waals surface area (Å²) in [6.45, 7) is 3.50. The minimum Gasteiger partial charge on any atom is -0.355 e. The van der Waals surface area contributed by atoms with Crippen molar-refractivity contribution >= 4 is 49.9 Å². The average Bonchev–Trinajstić information content (AvgIpc) is 3.30. The molecule has 10 heteroatoms. The largest absolute Gasteiger partial charge is 0.355 e. The van der Waals surface area contributed by atoms with E-state index in [0.717, 1.165) is 31.7 Å². The summed E-state index contributed by atoms with van der Waals surface area (Å²) in [6, 6.07) is 7.22. The van der Waals surface area contributed by atoms with Crippen LogP contribution in [-0.2, 0) is 10.0 Å². The Morgan fingerprint density at radius 2 is 1.94 bits per heavy atom. The van der Waals surface area contributed by atoms with Crippen LogP contribution in [0.4, 0.5) is 15.9 Å². The van der Waals surface area contributed by atoms with Crippen LogP contribution in [0.1, 0.15) is 42.1 Å². The maximum absolute atomic E-state index is 15.2. The lowest BCUT2D eigenvalue weighted by molar-refractivity contribution is 0.103. The van der Waals surface area contributed by atoms with Crippen LogP contribution < -0.4 is 9.62 Å².